The normalized spacial score (nSPS) is 17.8. The van der Waals surface area contributed by atoms with Gasteiger partial charge in [-0.3, -0.25) is 9.69 Å². The van der Waals surface area contributed by atoms with Gasteiger partial charge in [-0.05, 0) is 32.8 Å². The molecule has 2 aliphatic rings. The number of piperazine rings is 1. The van der Waals surface area contributed by atoms with Gasteiger partial charge in [0.05, 0.1) is 11.1 Å². The molecule has 198 valence electrons. The number of aromatic nitrogens is 2. The molecule has 1 aromatic heterocycles. The third kappa shape index (κ3) is 6.97. The zero-order valence-electron chi connectivity index (χ0n) is 22.3. The number of ether oxygens (including phenoxy) is 1. The summed E-state index contributed by atoms with van der Waals surface area (Å²) in [6.45, 7) is 9.39. The molecule has 10 nitrogen and oxygen atoms in total. The molecule has 10 heteroatoms. The molecule has 2 amide bonds. The van der Waals surface area contributed by atoms with Gasteiger partial charge in [0.2, 0.25) is 0 Å². The lowest BCUT2D eigenvalue weighted by atomic mass is 10.0. The Bertz CT molecular complexity index is 1140. The van der Waals surface area contributed by atoms with E-state index in [1.807, 2.05) is 58.0 Å². The van der Waals surface area contributed by atoms with Crippen molar-refractivity contribution in [3.05, 3.63) is 54.0 Å². The van der Waals surface area contributed by atoms with Crippen molar-refractivity contribution in [2.45, 2.75) is 38.8 Å². The summed E-state index contributed by atoms with van der Waals surface area (Å²) in [5.41, 5.74) is 1.93. The molecule has 2 N–H and O–H groups in total. The summed E-state index contributed by atoms with van der Waals surface area (Å²) in [6.07, 6.45) is 3.62. The van der Waals surface area contributed by atoms with E-state index >= 15 is 0 Å². The minimum absolute atomic E-state index is 0.0939. The van der Waals surface area contributed by atoms with Crippen LogP contribution in [0.15, 0.2) is 42.9 Å². The molecule has 0 saturated carbocycles. The molecule has 1 atom stereocenters. The van der Waals surface area contributed by atoms with E-state index in [9.17, 15) is 9.59 Å². The van der Waals surface area contributed by atoms with Crippen molar-refractivity contribution in [3.8, 4) is 0 Å². The molecule has 0 spiro atoms. The maximum absolute atomic E-state index is 12.6. The van der Waals surface area contributed by atoms with Gasteiger partial charge in [0, 0.05) is 59.1 Å². The van der Waals surface area contributed by atoms with Crippen LogP contribution in [-0.4, -0.2) is 90.2 Å². The first-order valence-corrected chi connectivity index (χ1v) is 12.6. The summed E-state index contributed by atoms with van der Waals surface area (Å²) >= 11 is 0. The van der Waals surface area contributed by atoms with Crippen LogP contribution in [0.5, 0.6) is 0 Å². The minimum atomic E-state index is -0.555. The largest absolute Gasteiger partial charge is 0.444 e. The number of amides is 2. The summed E-state index contributed by atoms with van der Waals surface area (Å²) in [5.74, 6) is 1.15. The van der Waals surface area contributed by atoms with Crippen LogP contribution in [0.1, 0.15) is 31.9 Å². The predicted octanol–water partition coefficient (Wildman–Crippen LogP) is 2.59. The second-order valence-electron chi connectivity index (χ2n) is 10.7. The highest BCUT2D eigenvalue weighted by molar-refractivity contribution is 6.32. The molecule has 0 aliphatic carbocycles. The van der Waals surface area contributed by atoms with Gasteiger partial charge in [-0.1, -0.05) is 30.3 Å². The number of carbonyl (C=O) groups excluding carboxylic acids is 2. The fourth-order valence-corrected chi connectivity index (χ4v) is 4.62. The Labute approximate surface area is 218 Å². The first-order chi connectivity index (χ1) is 17.6. The lowest BCUT2D eigenvalue weighted by Crippen LogP contribution is -2.52. The summed E-state index contributed by atoms with van der Waals surface area (Å²) < 4.78 is 5.53. The number of alkyl carbamates (subject to hydrolysis) is 1. The van der Waals surface area contributed by atoms with E-state index in [2.05, 4.69) is 42.5 Å². The van der Waals surface area contributed by atoms with E-state index in [0.717, 1.165) is 43.1 Å². The molecular weight excluding hydrogens is 470 g/mol. The van der Waals surface area contributed by atoms with Crippen molar-refractivity contribution in [3.63, 3.8) is 0 Å². The first kappa shape index (κ1) is 26.4. The van der Waals surface area contributed by atoms with Gasteiger partial charge < -0.3 is 25.2 Å². The lowest BCUT2D eigenvalue weighted by molar-refractivity contribution is -0.110. The van der Waals surface area contributed by atoms with Crippen molar-refractivity contribution < 1.29 is 14.3 Å². The maximum Gasteiger partial charge on any atom is 0.407 e. The van der Waals surface area contributed by atoms with Crippen molar-refractivity contribution in [2.24, 2.45) is 0 Å². The number of hydrogen-bond acceptors (Lipinski definition) is 8. The van der Waals surface area contributed by atoms with Crippen LogP contribution in [0, 0.1) is 0 Å². The third-order valence-electron chi connectivity index (χ3n) is 6.16. The van der Waals surface area contributed by atoms with Crippen LogP contribution in [0.25, 0.3) is 5.57 Å². The third-order valence-corrected chi connectivity index (χ3v) is 6.16. The predicted molar refractivity (Wildman–Crippen MR) is 144 cm³/mol. The SMILES string of the molecule is CN(C)/C=C1\C(=O)Nc2ncnc(N3CCN(C[C@@H](Cc4ccccc4)NC(=O)OC(C)(C)C)CC3)c21. The van der Waals surface area contributed by atoms with Gasteiger partial charge in [-0.15, -0.1) is 0 Å². The first-order valence-electron chi connectivity index (χ1n) is 12.6. The molecule has 2 aromatic rings. The van der Waals surface area contributed by atoms with Crippen molar-refractivity contribution in [1.29, 1.82) is 0 Å². The Morgan fingerprint density at radius 1 is 1.16 bits per heavy atom. The molecule has 3 heterocycles. The monoisotopic (exact) mass is 507 g/mol. The fourth-order valence-electron chi connectivity index (χ4n) is 4.62. The van der Waals surface area contributed by atoms with E-state index < -0.39 is 11.7 Å². The Kier molecular flexibility index (Phi) is 7.97. The molecule has 0 unspecified atom stereocenters. The number of anilines is 2. The van der Waals surface area contributed by atoms with Crippen LogP contribution < -0.4 is 15.5 Å². The second kappa shape index (κ2) is 11.2. The Hall–Kier alpha value is -3.66. The Morgan fingerprint density at radius 3 is 2.51 bits per heavy atom. The summed E-state index contributed by atoms with van der Waals surface area (Å²) in [4.78, 5) is 40.4. The molecule has 1 fully saturated rings. The van der Waals surface area contributed by atoms with Crippen LogP contribution in [0.4, 0.5) is 16.4 Å². The lowest BCUT2D eigenvalue weighted by Gasteiger charge is -2.37. The van der Waals surface area contributed by atoms with Gasteiger partial charge in [-0.25, -0.2) is 14.8 Å². The quantitative estimate of drug-likeness (QED) is 0.552. The smallest absolute Gasteiger partial charge is 0.407 e. The average Bonchev–Trinajstić information content (AvgIpc) is 3.13. The maximum atomic E-state index is 12.6. The van der Waals surface area contributed by atoms with Crippen LogP contribution in [0.2, 0.25) is 0 Å². The number of nitrogens with zero attached hydrogens (tertiary/aromatic N) is 5. The topological polar surface area (TPSA) is 103 Å². The van der Waals surface area contributed by atoms with Crippen LogP contribution in [0.3, 0.4) is 0 Å². The molecule has 37 heavy (non-hydrogen) atoms. The van der Waals surface area contributed by atoms with Gasteiger partial charge >= 0.3 is 6.09 Å². The van der Waals surface area contributed by atoms with E-state index in [1.54, 1.807) is 6.20 Å². The molecule has 2 aliphatic heterocycles. The van der Waals surface area contributed by atoms with Crippen LogP contribution >= 0.6 is 0 Å². The van der Waals surface area contributed by atoms with E-state index in [-0.39, 0.29) is 11.9 Å². The standard InChI is InChI=1S/C27H37N7O3/c1-27(2,3)37-26(36)30-20(15-19-9-7-6-8-10-19)16-33-11-13-34(14-12-33)24-22-21(17-32(4)5)25(35)31-23(22)28-18-29-24/h6-10,17-18,20H,11-16H2,1-5H3,(H,30,36)(H,28,29,31,35)/b21-17-/t20-/m1/s1. The zero-order chi connectivity index (χ0) is 26.6. The Balaban J connectivity index is 1.43. The van der Waals surface area contributed by atoms with E-state index in [0.29, 0.717) is 24.4 Å². The number of nitrogens with one attached hydrogen (secondary N) is 2. The number of carbonyl (C=O) groups is 2. The number of benzene rings is 1. The zero-order valence-corrected chi connectivity index (χ0v) is 22.3. The van der Waals surface area contributed by atoms with Gasteiger partial charge in [0.25, 0.3) is 5.91 Å². The van der Waals surface area contributed by atoms with Gasteiger partial charge in [0.1, 0.15) is 23.6 Å². The van der Waals surface area contributed by atoms with Crippen molar-refractivity contribution in [1.82, 2.24) is 25.1 Å². The molecule has 1 saturated heterocycles. The van der Waals surface area contributed by atoms with E-state index in [4.69, 9.17) is 4.74 Å². The highest BCUT2D eigenvalue weighted by Crippen LogP contribution is 2.36. The molecule has 0 bridgehead atoms. The number of fused-ring (bicyclic) bond motifs is 1. The van der Waals surface area contributed by atoms with Crippen LogP contribution in [-0.2, 0) is 16.0 Å². The molecule has 4 rings (SSSR count). The van der Waals surface area contributed by atoms with Crippen molar-refractivity contribution in [2.75, 3.05) is 57.0 Å². The summed E-state index contributed by atoms with van der Waals surface area (Å²) in [5, 5.41) is 5.93. The second-order valence-corrected chi connectivity index (χ2v) is 10.7. The summed E-state index contributed by atoms with van der Waals surface area (Å²) in [6, 6.07) is 10.1. The fraction of sp³-hybridized carbons (Fsp3) is 0.481. The molecule has 0 radical (unpaired) electrons. The minimum Gasteiger partial charge on any atom is -0.444 e. The molecule has 1 aromatic carbocycles. The van der Waals surface area contributed by atoms with Crippen molar-refractivity contribution >= 4 is 29.2 Å². The molecular formula is C27H37N7O3. The Morgan fingerprint density at radius 2 is 1.86 bits per heavy atom. The van der Waals surface area contributed by atoms with Gasteiger partial charge in [0.15, 0.2) is 0 Å². The highest BCUT2D eigenvalue weighted by atomic mass is 16.6. The number of rotatable bonds is 7. The average molecular weight is 508 g/mol. The highest BCUT2D eigenvalue weighted by Gasteiger charge is 2.33. The van der Waals surface area contributed by atoms with E-state index in [1.165, 1.54) is 6.33 Å². The number of hydrogen-bond donors (Lipinski definition) is 2. The van der Waals surface area contributed by atoms with Gasteiger partial charge in [-0.2, -0.15) is 0 Å². The summed E-state index contributed by atoms with van der Waals surface area (Å²) in [7, 11) is 3.77.